The predicted octanol–water partition coefficient (Wildman–Crippen LogP) is 4.17. The van der Waals surface area contributed by atoms with E-state index in [1.807, 2.05) is 19.1 Å². The molecule has 0 aromatic heterocycles. The lowest BCUT2D eigenvalue weighted by Crippen LogP contribution is -2.18. The van der Waals surface area contributed by atoms with E-state index in [0.717, 1.165) is 5.56 Å². The Kier molecular flexibility index (Phi) is 7.67. The highest BCUT2D eigenvalue weighted by molar-refractivity contribution is 6.17. The molecule has 0 N–H and O–H groups in total. The van der Waals surface area contributed by atoms with Gasteiger partial charge in [0.1, 0.15) is 6.61 Å². The third kappa shape index (κ3) is 6.91. The zero-order chi connectivity index (χ0) is 15.7. The van der Waals surface area contributed by atoms with Crippen molar-refractivity contribution in [3.63, 3.8) is 0 Å². The van der Waals surface area contributed by atoms with Gasteiger partial charge in [0.25, 0.3) is 0 Å². The molecule has 0 saturated heterocycles. The first-order valence-corrected chi connectivity index (χ1v) is 7.09. The van der Waals surface area contributed by atoms with Crippen molar-refractivity contribution in [2.24, 2.45) is 0 Å². The lowest BCUT2D eigenvalue weighted by molar-refractivity contribution is -0.174. The van der Waals surface area contributed by atoms with Crippen molar-refractivity contribution < 1.29 is 27.4 Å². The van der Waals surface area contributed by atoms with Crippen LogP contribution in [0.15, 0.2) is 18.2 Å². The van der Waals surface area contributed by atoms with E-state index < -0.39 is 12.8 Å². The summed E-state index contributed by atoms with van der Waals surface area (Å²) in [5.74, 6) is 1.37. The van der Waals surface area contributed by atoms with Crippen LogP contribution in [0.25, 0.3) is 0 Å². The summed E-state index contributed by atoms with van der Waals surface area (Å²) in [4.78, 5) is 0. The van der Waals surface area contributed by atoms with Crippen LogP contribution in [0.1, 0.15) is 18.9 Å². The van der Waals surface area contributed by atoms with Gasteiger partial charge in [-0.05, 0) is 13.0 Å². The first kappa shape index (κ1) is 17.9. The minimum atomic E-state index is -4.30. The molecule has 0 aliphatic carbocycles. The van der Waals surface area contributed by atoms with Gasteiger partial charge in [0.2, 0.25) is 0 Å². The van der Waals surface area contributed by atoms with E-state index >= 15 is 0 Å². The largest absolute Gasteiger partial charge is 0.490 e. The van der Waals surface area contributed by atoms with Crippen molar-refractivity contribution in [3.8, 4) is 11.5 Å². The summed E-state index contributed by atoms with van der Waals surface area (Å²) in [7, 11) is 0. The third-order valence-electron chi connectivity index (χ3n) is 2.45. The zero-order valence-electron chi connectivity index (χ0n) is 11.7. The molecule has 0 heterocycles. The van der Waals surface area contributed by atoms with Crippen LogP contribution in [0.3, 0.4) is 0 Å². The molecule has 7 heteroatoms. The van der Waals surface area contributed by atoms with Gasteiger partial charge in [-0.15, -0.1) is 11.6 Å². The predicted molar refractivity (Wildman–Crippen MR) is 74.2 cm³/mol. The fourth-order valence-electron chi connectivity index (χ4n) is 1.62. The van der Waals surface area contributed by atoms with Crippen LogP contribution in [0.2, 0.25) is 0 Å². The second-order valence-electron chi connectivity index (χ2n) is 4.18. The Morgan fingerprint density at radius 3 is 2.52 bits per heavy atom. The molecule has 0 aliphatic heterocycles. The van der Waals surface area contributed by atoms with Crippen molar-refractivity contribution in [2.75, 3.05) is 26.4 Å². The molecule has 3 nitrogen and oxygen atoms in total. The summed E-state index contributed by atoms with van der Waals surface area (Å²) < 4.78 is 51.2. The normalized spacial score (nSPS) is 11.5. The van der Waals surface area contributed by atoms with Crippen molar-refractivity contribution in [3.05, 3.63) is 23.8 Å². The van der Waals surface area contributed by atoms with Gasteiger partial charge in [-0.1, -0.05) is 12.1 Å². The molecule has 0 amide bonds. The topological polar surface area (TPSA) is 27.7 Å². The van der Waals surface area contributed by atoms with Gasteiger partial charge in [0, 0.05) is 12.0 Å². The number of benzene rings is 1. The first-order valence-electron chi connectivity index (χ1n) is 6.56. The third-order valence-corrected chi connectivity index (χ3v) is 2.74. The molecular formula is C14H18ClF3O3. The molecule has 0 unspecified atom stereocenters. The van der Waals surface area contributed by atoms with E-state index in [0.29, 0.717) is 24.5 Å². The van der Waals surface area contributed by atoms with E-state index in [1.165, 1.54) is 0 Å². The molecule has 1 aromatic rings. The summed E-state index contributed by atoms with van der Waals surface area (Å²) >= 11 is 5.83. The molecule has 1 aromatic carbocycles. The zero-order valence-corrected chi connectivity index (χ0v) is 12.5. The van der Waals surface area contributed by atoms with Crippen LogP contribution >= 0.6 is 11.6 Å². The Labute approximate surface area is 126 Å². The van der Waals surface area contributed by atoms with Crippen LogP contribution < -0.4 is 9.47 Å². The molecule has 120 valence electrons. The van der Waals surface area contributed by atoms with Gasteiger partial charge in [-0.2, -0.15) is 13.2 Å². The van der Waals surface area contributed by atoms with E-state index in [1.54, 1.807) is 6.07 Å². The second kappa shape index (κ2) is 9.00. The van der Waals surface area contributed by atoms with E-state index in [-0.39, 0.29) is 19.1 Å². The SMILES string of the molecule is CCOc1cccc(CCl)c1OCCCOCC(F)(F)F. The van der Waals surface area contributed by atoms with Gasteiger partial charge < -0.3 is 14.2 Å². The summed E-state index contributed by atoms with van der Waals surface area (Å²) in [5.41, 5.74) is 0.777. The maximum absolute atomic E-state index is 11.9. The van der Waals surface area contributed by atoms with Gasteiger partial charge in [-0.25, -0.2) is 0 Å². The average molecular weight is 327 g/mol. The van der Waals surface area contributed by atoms with Gasteiger partial charge in [-0.3, -0.25) is 0 Å². The van der Waals surface area contributed by atoms with Crippen molar-refractivity contribution in [1.82, 2.24) is 0 Å². The molecular weight excluding hydrogens is 309 g/mol. The van der Waals surface area contributed by atoms with Crippen molar-refractivity contribution >= 4 is 11.6 Å². The summed E-state index contributed by atoms with van der Waals surface area (Å²) in [6, 6.07) is 5.38. The Morgan fingerprint density at radius 2 is 1.90 bits per heavy atom. The standard InChI is InChI=1S/C14H18ClF3O3/c1-2-20-12-6-3-5-11(9-15)13(12)21-8-4-7-19-10-14(16,17)18/h3,5-6H,2,4,7-10H2,1H3. The number of para-hydroxylation sites is 1. The second-order valence-corrected chi connectivity index (χ2v) is 4.45. The summed E-state index contributed by atoms with van der Waals surface area (Å²) in [6.07, 6.45) is -3.95. The fourth-order valence-corrected chi connectivity index (χ4v) is 1.83. The minimum absolute atomic E-state index is 0.0213. The van der Waals surface area contributed by atoms with Gasteiger partial charge in [0.05, 0.1) is 25.7 Å². The molecule has 0 fully saturated rings. The molecule has 0 saturated carbocycles. The average Bonchev–Trinajstić information content (AvgIpc) is 2.42. The summed E-state index contributed by atoms with van der Waals surface area (Å²) in [6.45, 7) is 1.30. The Bertz CT molecular complexity index is 424. The molecule has 0 bridgehead atoms. The van der Waals surface area contributed by atoms with Gasteiger partial charge in [0.15, 0.2) is 11.5 Å². The van der Waals surface area contributed by atoms with Crippen LogP contribution in [0.5, 0.6) is 11.5 Å². The van der Waals surface area contributed by atoms with Crippen molar-refractivity contribution in [2.45, 2.75) is 25.4 Å². The number of alkyl halides is 4. The molecule has 0 aliphatic rings. The van der Waals surface area contributed by atoms with Crippen LogP contribution in [0.4, 0.5) is 13.2 Å². The Balaban J connectivity index is 2.43. The molecule has 0 radical (unpaired) electrons. The number of halogens is 4. The molecule has 0 atom stereocenters. The lowest BCUT2D eigenvalue weighted by atomic mass is 10.2. The summed E-state index contributed by atoms with van der Waals surface area (Å²) in [5, 5.41) is 0. The number of rotatable bonds is 9. The van der Waals surface area contributed by atoms with Crippen LogP contribution in [0, 0.1) is 0 Å². The Morgan fingerprint density at radius 1 is 1.14 bits per heavy atom. The van der Waals surface area contributed by atoms with Crippen LogP contribution in [-0.4, -0.2) is 32.6 Å². The van der Waals surface area contributed by atoms with E-state index in [2.05, 4.69) is 4.74 Å². The van der Waals surface area contributed by atoms with Crippen molar-refractivity contribution in [1.29, 1.82) is 0 Å². The maximum Gasteiger partial charge on any atom is 0.411 e. The first-order chi connectivity index (χ1) is 9.98. The van der Waals surface area contributed by atoms with E-state index in [9.17, 15) is 13.2 Å². The fraction of sp³-hybridized carbons (Fsp3) is 0.571. The highest BCUT2D eigenvalue weighted by Crippen LogP contribution is 2.32. The highest BCUT2D eigenvalue weighted by Gasteiger charge is 2.27. The maximum atomic E-state index is 11.9. The molecule has 1 rings (SSSR count). The number of hydrogen-bond donors (Lipinski definition) is 0. The quantitative estimate of drug-likeness (QED) is 0.503. The van der Waals surface area contributed by atoms with Gasteiger partial charge >= 0.3 is 6.18 Å². The smallest absolute Gasteiger partial charge is 0.411 e. The number of ether oxygens (including phenoxy) is 3. The van der Waals surface area contributed by atoms with Crippen LogP contribution in [-0.2, 0) is 10.6 Å². The number of hydrogen-bond acceptors (Lipinski definition) is 3. The lowest BCUT2D eigenvalue weighted by Gasteiger charge is -2.15. The Hall–Kier alpha value is -1.14. The molecule has 0 spiro atoms. The van der Waals surface area contributed by atoms with E-state index in [4.69, 9.17) is 21.1 Å². The highest BCUT2D eigenvalue weighted by atomic mass is 35.5. The monoisotopic (exact) mass is 326 g/mol. The minimum Gasteiger partial charge on any atom is -0.490 e. The molecule has 21 heavy (non-hydrogen) atoms.